The normalized spacial score (nSPS) is 14.6. The summed E-state index contributed by atoms with van der Waals surface area (Å²) in [4.78, 5) is 12.3. The molecule has 3 aromatic rings. The molecule has 0 saturated carbocycles. The Bertz CT molecular complexity index is 991. The minimum atomic E-state index is -4.53. The summed E-state index contributed by atoms with van der Waals surface area (Å²) in [6, 6.07) is 4.42. The van der Waals surface area contributed by atoms with E-state index in [0.717, 1.165) is 17.6 Å². The first kappa shape index (κ1) is 18.6. The summed E-state index contributed by atoms with van der Waals surface area (Å²) < 4.78 is 54.7. The summed E-state index contributed by atoms with van der Waals surface area (Å²) in [5.74, 6) is 0.557. The molecule has 0 bridgehead atoms. The van der Waals surface area contributed by atoms with E-state index in [4.69, 9.17) is 9.47 Å². The lowest BCUT2D eigenvalue weighted by Crippen LogP contribution is -2.38. The van der Waals surface area contributed by atoms with Crippen molar-refractivity contribution >= 4 is 22.5 Å². The molecule has 11 heteroatoms. The van der Waals surface area contributed by atoms with E-state index in [1.165, 1.54) is 6.20 Å². The van der Waals surface area contributed by atoms with Gasteiger partial charge in [-0.3, -0.25) is 4.98 Å². The van der Waals surface area contributed by atoms with Gasteiger partial charge in [0.2, 0.25) is 5.13 Å². The standard InChI is InChI=1S/C17H14F3N5O2S/c1-9-4-12(17(18,19)20)14(22-6-9)23-16-24-15(25-28-16)13-5-10(2-3-21-13)27-11-7-26-8-11/h2-6,11H,7-8H2,1H3,(H,22,23,24,25). The van der Waals surface area contributed by atoms with Gasteiger partial charge in [0.05, 0.1) is 18.8 Å². The van der Waals surface area contributed by atoms with E-state index in [1.54, 1.807) is 25.3 Å². The van der Waals surface area contributed by atoms with Crippen LogP contribution in [0.15, 0.2) is 30.6 Å². The summed E-state index contributed by atoms with van der Waals surface area (Å²) in [5.41, 5.74) is 0.00384. The smallest absolute Gasteiger partial charge is 0.419 e. The Morgan fingerprint density at radius 1 is 1.25 bits per heavy atom. The molecule has 0 radical (unpaired) electrons. The molecule has 3 aromatic heterocycles. The van der Waals surface area contributed by atoms with Gasteiger partial charge in [0, 0.05) is 30.0 Å². The first-order chi connectivity index (χ1) is 13.4. The molecular formula is C17H14F3N5O2S. The van der Waals surface area contributed by atoms with E-state index in [9.17, 15) is 13.2 Å². The Hall–Kier alpha value is -2.79. The second-order valence-corrected chi connectivity index (χ2v) is 6.86. The molecule has 1 fully saturated rings. The van der Waals surface area contributed by atoms with Crippen LogP contribution in [0.3, 0.4) is 0 Å². The van der Waals surface area contributed by atoms with E-state index in [2.05, 4.69) is 24.6 Å². The van der Waals surface area contributed by atoms with Crippen molar-refractivity contribution in [3.8, 4) is 17.3 Å². The van der Waals surface area contributed by atoms with Crippen LogP contribution in [-0.4, -0.2) is 38.6 Å². The summed E-state index contributed by atoms with van der Waals surface area (Å²) in [6.07, 6.45) is -1.62. The largest absolute Gasteiger partial charge is 0.485 e. The fourth-order valence-electron chi connectivity index (χ4n) is 2.45. The maximum Gasteiger partial charge on any atom is 0.419 e. The van der Waals surface area contributed by atoms with E-state index in [-0.39, 0.29) is 22.9 Å². The minimum Gasteiger partial charge on any atom is -0.485 e. The third-order valence-corrected chi connectivity index (χ3v) is 4.48. The average Bonchev–Trinajstić information content (AvgIpc) is 3.08. The van der Waals surface area contributed by atoms with Crippen LogP contribution in [0.4, 0.5) is 24.1 Å². The topological polar surface area (TPSA) is 82.1 Å². The Labute approximate surface area is 161 Å². The number of hydrogen-bond acceptors (Lipinski definition) is 8. The molecule has 0 amide bonds. The highest BCUT2D eigenvalue weighted by molar-refractivity contribution is 7.09. The molecule has 146 valence electrons. The lowest BCUT2D eigenvalue weighted by Gasteiger charge is -2.26. The number of aromatic nitrogens is 4. The van der Waals surface area contributed by atoms with Crippen molar-refractivity contribution in [3.63, 3.8) is 0 Å². The molecule has 28 heavy (non-hydrogen) atoms. The summed E-state index contributed by atoms with van der Waals surface area (Å²) in [6.45, 7) is 2.61. The van der Waals surface area contributed by atoms with Crippen molar-refractivity contribution < 1.29 is 22.6 Å². The first-order valence-corrected chi connectivity index (χ1v) is 9.01. The predicted molar refractivity (Wildman–Crippen MR) is 95.6 cm³/mol. The van der Waals surface area contributed by atoms with Crippen LogP contribution >= 0.6 is 11.5 Å². The van der Waals surface area contributed by atoms with Crippen LogP contribution in [0.5, 0.6) is 5.75 Å². The predicted octanol–water partition coefficient (Wildman–Crippen LogP) is 3.84. The van der Waals surface area contributed by atoms with Gasteiger partial charge in [0.25, 0.3) is 0 Å². The van der Waals surface area contributed by atoms with Gasteiger partial charge in [-0.25, -0.2) is 4.98 Å². The maximum atomic E-state index is 13.2. The molecule has 4 heterocycles. The molecule has 0 aliphatic carbocycles. The van der Waals surface area contributed by atoms with Gasteiger partial charge in [-0.2, -0.15) is 22.5 Å². The second-order valence-electron chi connectivity index (χ2n) is 6.11. The lowest BCUT2D eigenvalue weighted by atomic mass is 10.2. The van der Waals surface area contributed by atoms with Crippen molar-refractivity contribution in [1.82, 2.24) is 19.3 Å². The zero-order valence-corrected chi connectivity index (χ0v) is 15.3. The van der Waals surface area contributed by atoms with Crippen molar-refractivity contribution in [1.29, 1.82) is 0 Å². The van der Waals surface area contributed by atoms with E-state index < -0.39 is 11.7 Å². The average molecular weight is 409 g/mol. The molecule has 1 aliphatic heterocycles. The van der Waals surface area contributed by atoms with Crippen LogP contribution in [0, 0.1) is 6.92 Å². The van der Waals surface area contributed by atoms with Gasteiger partial charge in [-0.15, -0.1) is 0 Å². The molecule has 0 spiro atoms. The van der Waals surface area contributed by atoms with Crippen LogP contribution < -0.4 is 10.1 Å². The highest BCUT2D eigenvalue weighted by Gasteiger charge is 2.35. The van der Waals surface area contributed by atoms with Gasteiger partial charge in [0.1, 0.15) is 23.4 Å². The number of anilines is 2. The monoisotopic (exact) mass is 409 g/mol. The Balaban J connectivity index is 1.55. The Kier molecular flexibility index (Phi) is 4.85. The summed E-state index contributed by atoms with van der Waals surface area (Å²) in [7, 11) is 0. The van der Waals surface area contributed by atoms with Crippen molar-refractivity contribution in [3.05, 3.63) is 41.7 Å². The quantitative estimate of drug-likeness (QED) is 0.686. The third kappa shape index (κ3) is 4.04. The number of ether oxygens (including phenoxy) is 2. The van der Waals surface area contributed by atoms with E-state index >= 15 is 0 Å². The van der Waals surface area contributed by atoms with Crippen LogP contribution in [-0.2, 0) is 10.9 Å². The molecule has 4 rings (SSSR count). The lowest BCUT2D eigenvalue weighted by molar-refractivity contribution is -0.137. The van der Waals surface area contributed by atoms with Crippen LogP contribution in [0.1, 0.15) is 11.1 Å². The van der Waals surface area contributed by atoms with Crippen LogP contribution in [0.25, 0.3) is 11.5 Å². The molecule has 1 N–H and O–H groups in total. The zero-order chi connectivity index (χ0) is 19.7. The molecule has 7 nitrogen and oxygen atoms in total. The number of rotatable bonds is 5. The number of nitrogens with zero attached hydrogens (tertiary/aromatic N) is 4. The Morgan fingerprint density at radius 2 is 2.07 bits per heavy atom. The van der Waals surface area contributed by atoms with Gasteiger partial charge in [-0.1, -0.05) is 0 Å². The number of aryl methyl sites for hydroxylation is 1. The van der Waals surface area contributed by atoms with Gasteiger partial charge in [-0.05, 0) is 24.6 Å². The van der Waals surface area contributed by atoms with Gasteiger partial charge >= 0.3 is 6.18 Å². The summed E-state index contributed by atoms with van der Waals surface area (Å²) >= 11 is 0.918. The fraction of sp³-hybridized carbons (Fsp3) is 0.294. The minimum absolute atomic E-state index is 0.00396. The highest BCUT2D eigenvalue weighted by Crippen LogP contribution is 2.36. The van der Waals surface area contributed by atoms with E-state index in [0.29, 0.717) is 30.2 Å². The van der Waals surface area contributed by atoms with E-state index in [1.807, 2.05) is 0 Å². The SMILES string of the molecule is Cc1cnc(Nc2nc(-c3cc(OC4COC4)ccn3)ns2)c(C(F)(F)F)c1. The fourth-order valence-corrected chi connectivity index (χ4v) is 3.02. The van der Waals surface area contributed by atoms with Crippen LogP contribution in [0.2, 0.25) is 0 Å². The second kappa shape index (κ2) is 7.32. The van der Waals surface area contributed by atoms with Crippen molar-refractivity contribution in [2.45, 2.75) is 19.2 Å². The molecule has 0 aromatic carbocycles. The molecule has 0 unspecified atom stereocenters. The third-order valence-electron chi connectivity index (χ3n) is 3.85. The highest BCUT2D eigenvalue weighted by atomic mass is 32.1. The molecule has 1 saturated heterocycles. The van der Waals surface area contributed by atoms with Crippen molar-refractivity contribution in [2.24, 2.45) is 0 Å². The number of alkyl halides is 3. The molecule has 1 aliphatic rings. The Morgan fingerprint density at radius 3 is 2.79 bits per heavy atom. The van der Waals surface area contributed by atoms with Gasteiger partial charge in [0.15, 0.2) is 5.82 Å². The number of halogens is 3. The number of hydrogen-bond donors (Lipinski definition) is 1. The maximum absolute atomic E-state index is 13.2. The number of nitrogens with one attached hydrogen (secondary N) is 1. The first-order valence-electron chi connectivity index (χ1n) is 8.24. The van der Waals surface area contributed by atoms with Gasteiger partial charge < -0.3 is 14.8 Å². The summed E-state index contributed by atoms with van der Waals surface area (Å²) in [5, 5.41) is 2.78. The zero-order valence-electron chi connectivity index (χ0n) is 14.5. The number of pyridine rings is 2. The molecular weight excluding hydrogens is 395 g/mol. The van der Waals surface area contributed by atoms with Crippen molar-refractivity contribution in [2.75, 3.05) is 18.5 Å². The molecule has 0 atom stereocenters.